The molecule has 1 aromatic carbocycles. The maximum atomic E-state index is 13.8. The molecular formula is C26H28F2N4O4. The number of nitrogens with one attached hydrogen (secondary N) is 2. The van der Waals surface area contributed by atoms with Gasteiger partial charge in [0.25, 0.3) is 5.91 Å². The summed E-state index contributed by atoms with van der Waals surface area (Å²) in [5, 5.41) is 18.4. The maximum Gasteiger partial charge on any atom is 0.257 e. The largest absolute Gasteiger partial charge is 0.390 e. The van der Waals surface area contributed by atoms with Crippen LogP contribution in [0.5, 0.6) is 0 Å². The van der Waals surface area contributed by atoms with Gasteiger partial charge in [0.2, 0.25) is 11.8 Å². The Morgan fingerprint density at radius 2 is 1.86 bits per heavy atom. The molecule has 0 aliphatic heterocycles. The Labute approximate surface area is 207 Å². The van der Waals surface area contributed by atoms with Crippen molar-refractivity contribution < 1.29 is 28.0 Å². The lowest BCUT2D eigenvalue weighted by molar-refractivity contribution is -0.121. The lowest BCUT2D eigenvalue weighted by atomic mass is 9.81. The summed E-state index contributed by atoms with van der Waals surface area (Å²) in [4.78, 5) is 30.5. The second kappa shape index (κ2) is 10.5. The van der Waals surface area contributed by atoms with Gasteiger partial charge in [-0.05, 0) is 61.9 Å². The van der Waals surface area contributed by atoms with Gasteiger partial charge in [0.1, 0.15) is 23.6 Å². The molecule has 0 radical (unpaired) electrons. The summed E-state index contributed by atoms with van der Waals surface area (Å²) < 4.78 is 32.3. The first kappa shape index (κ1) is 25.4. The van der Waals surface area contributed by atoms with Gasteiger partial charge in [0, 0.05) is 36.0 Å². The quantitative estimate of drug-likeness (QED) is 0.444. The summed E-state index contributed by atoms with van der Waals surface area (Å²) in [6, 6.07) is 8.10. The molecule has 1 atom stereocenters. The number of carbonyl (C=O) groups is 2. The Bertz CT molecular complexity index is 1210. The van der Waals surface area contributed by atoms with Crippen LogP contribution in [0.15, 0.2) is 47.3 Å². The molecule has 1 fully saturated rings. The number of pyridine rings is 1. The molecule has 2 amide bonds. The number of alkyl halides is 2. The van der Waals surface area contributed by atoms with Crippen molar-refractivity contribution >= 4 is 17.5 Å². The molecule has 3 N–H and O–H groups in total. The third-order valence-electron chi connectivity index (χ3n) is 6.63. The molecule has 4 rings (SSSR count). The van der Waals surface area contributed by atoms with E-state index < -0.39 is 36.3 Å². The Balaban J connectivity index is 1.53. The fourth-order valence-electron chi connectivity index (χ4n) is 4.64. The predicted molar refractivity (Wildman–Crippen MR) is 128 cm³/mol. The average molecular weight is 499 g/mol. The van der Waals surface area contributed by atoms with Crippen molar-refractivity contribution in [3.8, 4) is 11.1 Å². The highest BCUT2D eigenvalue weighted by Gasteiger charge is 2.40. The van der Waals surface area contributed by atoms with Crippen molar-refractivity contribution in [1.82, 2.24) is 15.5 Å². The molecule has 10 heteroatoms. The molecule has 8 nitrogen and oxygen atoms in total. The number of rotatable bonds is 7. The van der Waals surface area contributed by atoms with Gasteiger partial charge < -0.3 is 20.3 Å². The van der Waals surface area contributed by atoms with Crippen molar-refractivity contribution in [3.63, 3.8) is 0 Å². The number of hydrogen-bond donors (Lipinski definition) is 3. The minimum absolute atomic E-state index is 0.0111. The molecule has 1 saturated carbocycles. The van der Waals surface area contributed by atoms with Gasteiger partial charge in [-0.2, -0.15) is 0 Å². The Morgan fingerprint density at radius 1 is 1.17 bits per heavy atom. The van der Waals surface area contributed by atoms with Crippen LogP contribution in [0.25, 0.3) is 11.1 Å². The highest BCUT2D eigenvalue weighted by atomic mass is 19.3. The standard InChI is InChI=1S/C26H28F2N4O4/c1-15-9-12-29-16(2)22(15)17-3-5-19(6-4-17)30-25(35)23(18-7-10-26(27,28)11-8-18)31-24(34)20-14-36-32-21(20)13-33/h3-6,9,12,14,18,23,33H,7-8,10-11,13H2,1-2H3,(H,30,35)(H,31,34). The van der Waals surface area contributed by atoms with Crippen LogP contribution in [0, 0.1) is 19.8 Å². The Morgan fingerprint density at radius 3 is 2.50 bits per heavy atom. The summed E-state index contributed by atoms with van der Waals surface area (Å²) in [6.07, 6.45) is 2.28. The zero-order valence-corrected chi connectivity index (χ0v) is 20.1. The highest BCUT2D eigenvalue weighted by Crippen LogP contribution is 2.38. The van der Waals surface area contributed by atoms with Crippen molar-refractivity contribution in [2.24, 2.45) is 5.92 Å². The minimum Gasteiger partial charge on any atom is -0.390 e. The summed E-state index contributed by atoms with van der Waals surface area (Å²) >= 11 is 0. The fourth-order valence-corrected chi connectivity index (χ4v) is 4.64. The lowest BCUT2D eigenvalue weighted by Crippen LogP contribution is -2.50. The number of aliphatic hydroxyl groups excluding tert-OH is 1. The van der Waals surface area contributed by atoms with Crippen molar-refractivity contribution in [2.75, 3.05) is 5.32 Å². The van der Waals surface area contributed by atoms with E-state index >= 15 is 0 Å². The molecular weight excluding hydrogens is 470 g/mol. The Kier molecular flexibility index (Phi) is 7.44. The van der Waals surface area contributed by atoms with Gasteiger partial charge in [-0.3, -0.25) is 14.6 Å². The Hall–Kier alpha value is -3.66. The zero-order chi connectivity index (χ0) is 25.9. The van der Waals surface area contributed by atoms with Crippen LogP contribution in [0.4, 0.5) is 14.5 Å². The number of carbonyl (C=O) groups excluding carboxylic acids is 2. The molecule has 0 bridgehead atoms. The number of benzene rings is 1. The van der Waals surface area contributed by atoms with E-state index in [1.54, 1.807) is 18.3 Å². The van der Waals surface area contributed by atoms with Crippen LogP contribution in [0.2, 0.25) is 0 Å². The predicted octanol–water partition coefficient (Wildman–Crippen LogP) is 4.41. The average Bonchev–Trinajstić information content (AvgIpc) is 3.33. The molecule has 1 unspecified atom stereocenters. The van der Waals surface area contributed by atoms with E-state index in [0.717, 1.165) is 28.6 Å². The zero-order valence-electron chi connectivity index (χ0n) is 20.1. The number of aryl methyl sites for hydroxylation is 2. The SMILES string of the molecule is Cc1ccnc(C)c1-c1ccc(NC(=O)C(NC(=O)c2conc2CO)C2CCC(F)(F)CC2)cc1. The molecule has 1 aliphatic rings. The third-order valence-corrected chi connectivity index (χ3v) is 6.63. The van der Waals surface area contributed by atoms with Crippen LogP contribution in [-0.4, -0.2) is 39.0 Å². The maximum absolute atomic E-state index is 13.8. The highest BCUT2D eigenvalue weighted by molar-refractivity contribution is 6.01. The first-order valence-corrected chi connectivity index (χ1v) is 11.7. The van der Waals surface area contributed by atoms with Crippen LogP contribution >= 0.6 is 0 Å². The van der Waals surface area contributed by atoms with Crippen LogP contribution in [-0.2, 0) is 11.4 Å². The van der Waals surface area contributed by atoms with E-state index in [1.165, 1.54) is 0 Å². The first-order valence-electron chi connectivity index (χ1n) is 11.7. The number of nitrogens with zero attached hydrogens (tertiary/aromatic N) is 2. The van der Waals surface area contributed by atoms with Crippen molar-refractivity contribution in [2.45, 2.75) is 58.1 Å². The summed E-state index contributed by atoms with van der Waals surface area (Å²) in [7, 11) is 0. The molecule has 36 heavy (non-hydrogen) atoms. The van der Waals surface area contributed by atoms with Crippen LogP contribution < -0.4 is 10.6 Å². The lowest BCUT2D eigenvalue weighted by Gasteiger charge is -2.33. The number of hydrogen-bond acceptors (Lipinski definition) is 6. The second-order valence-electron chi connectivity index (χ2n) is 9.13. The minimum atomic E-state index is -2.78. The van der Waals surface area contributed by atoms with E-state index in [0.29, 0.717) is 5.69 Å². The third kappa shape index (κ3) is 5.59. The normalized spacial score (nSPS) is 16.4. The van der Waals surface area contributed by atoms with Gasteiger partial charge in [0.05, 0.1) is 6.61 Å². The molecule has 2 aromatic heterocycles. The second-order valence-corrected chi connectivity index (χ2v) is 9.13. The van der Waals surface area contributed by atoms with Crippen LogP contribution in [0.3, 0.4) is 0 Å². The number of halogens is 2. The van der Waals surface area contributed by atoms with Crippen molar-refractivity contribution in [1.29, 1.82) is 0 Å². The first-order chi connectivity index (χ1) is 17.2. The number of anilines is 1. The van der Waals surface area contributed by atoms with Gasteiger partial charge in [-0.15, -0.1) is 0 Å². The number of amides is 2. The molecule has 0 spiro atoms. The van der Waals surface area contributed by atoms with E-state index in [2.05, 4.69) is 20.8 Å². The van der Waals surface area contributed by atoms with E-state index in [9.17, 15) is 23.5 Å². The molecule has 190 valence electrons. The van der Waals surface area contributed by atoms with E-state index in [1.807, 2.05) is 32.0 Å². The summed E-state index contributed by atoms with van der Waals surface area (Å²) in [5.41, 5.74) is 4.44. The molecule has 2 heterocycles. The van der Waals surface area contributed by atoms with Gasteiger partial charge in [0.15, 0.2) is 0 Å². The van der Waals surface area contributed by atoms with Gasteiger partial charge in [-0.25, -0.2) is 8.78 Å². The van der Waals surface area contributed by atoms with Gasteiger partial charge >= 0.3 is 0 Å². The fraction of sp³-hybridized carbons (Fsp3) is 0.385. The smallest absolute Gasteiger partial charge is 0.257 e. The molecule has 3 aromatic rings. The topological polar surface area (TPSA) is 117 Å². The molecule has 0 saturated heterocycles. The number of aromatic nitrogens is 2. The summed E-state index contributed by atoms with van der Waals surface area (Å²) in [5.74, 6) is -4.44. The van der Waals surface area contributed by atoms with E-state index in [-0.39, 0.29) is 36.9 Å². The van der Waals surface area contributed by atoms with Gasteiger partial charge in [-0.1, -0.05) is 17.3 Å². The monoisotopic (exact) mass is 498 g/mol. The van der Waals surface area contributed by atoms with Crippen molar-refractivity contribution in [3.05, 3.63) is 65.3 Å². The summed E-state index contributed by atoms with van der Waals surface area (Å²) in [6.45, 7) is 3.41. The number of aliphatic hydroxyl groups is 1. The van der Waals surface area contributed by atoms with Crippen LogP contribution in [0.1, 0.15) is 53.0 Å². The molecule has 1 aliphatic carbocycles. The van der Waals surface area contributed by atoms with E-state index in [4.69, 9.17) is 4.52 Å².